The van der Waals surface area contributed by atoms with E-state index in [0.29, 0.717) is 0 Å². The first kappa shape index (κ1) is 9.85. The number of nitrogens with zero attached hydrogens (tertiary/aromatic N) is 1. The Morgan fingerprint density at radius 2 is 1.83 bits per heavy atom. The predicted molar refractivity (Wildman–Crippen MR) is 46.1 cm³/mol. The number of nitrogens with one attached hydrogen (secondary N) is 1. The van der Waals surface area contributed by atoms with Crippen molar-refractivity contribution in [3.63, 3.8) is 0 Å². The Labute approximate surface area is 80.5 Å². The molecule has 2 heterocycles. The fourth-order valence-corrected chi connectivity index (χ4v) is 2.01. The summed E-state index contributed by atoms with van der Waals surface area (Å²) < 4.78 is 2.54. The molecule has 0 aromatic heterocycles. The Bertz CT molecular complexity index is 159. The Balaban J connectivity index is 0.000000720. The van der Waals surface area contributed by atoms with Crippen molar-refractivity contribution >= 4 is 5.84 Å². The molecule has 0 bridgehead atoms. The van der Waals surface area contributed by atoms with Gasteiger partial charge in [0, 0.05) is 12.8 Å². The Morgan fingerprint density at radius 3 is 2.75 bits per heavy atom. The molecule has 2 nitrogen and oxygen atoms in total. The molecule has 2 aliphatic rings. The van der Waals surface area contributed by atoms with Crippen LogP contribution in [0, 0.1) is 0 Å². The van der Waals surface area contributed by atoms with Crippen LogP contribution in [0.5, 0.6) is 0 Å². The van der Waals surface area contributed by atoms with Crippen molar-refractivity contribution in [3.8, 4) is 0 Å². The van der Waals surface area contributed by atoms with Crippen LogP contribution in [-0.2, 0) is 0 Å². The normalized spacial score (nSPS) is 23.3. The van der Waals surface area contributed by atoms with Crippen molar-refractivity contribution in [2.24, 2.45) is 0 Å². The van der Waals surface area contributed by atoms with Crippen LogP contribution in [0.3, 0.4) is 0 Å². The molecule has 0 radical (unpaired) electrons. The van der Waals surface area contributed by atoms with Crippen LogP contribution < -0.4 is 17.7 Å². The third kappa shape index (κ3) is 2.13. The van der Waals surface area contributed by atoms with E-state index in [4.69, 9.17) is 0 Å². The van der Waals surface area contributed by atoms with E-state index < -0.39 is 0 Å². The Morgan fingerprint density at radius 1 is 1.00 bits per heavy atom. The first-order valence-corrected chi connectivity index (χ1v) is 4.81. The second kappa shape index (κ2) is 4.70. The minimum absolute atomic E-state index is 0. The van der Waals surface area contributed by atoms with Gasteiger partial charge in [-0.1, -0.05) is 0 Å². The maximum absolute atomic E-state index is 3.50. The van der Waals surface area contributed by atoms with Crippen LogP contribution >= 0.6 is 0 Å². The van der Waals surface area contributed by atoms with Gasteiger partial charge in [0.2, 0.25) is 5.84 Å². The van der Waals surface area contributed by atoms with Gasteiger partial charge in [-0.2, -0.15) is 0 Å². The molecule has 0 spiro atoms. The van der Waals surface area contributed by atoms with E-state index in [-0.39, 0.29) is 12.4 Å². The summed E-state index contributed by atoms with van der Waals surface area (Å²) in [4.78, 5) is 0. The SMILES string of the molecule is C1CCC2=[N+](CC1)CCCN2.[Cl-]. The van der Waals surface area contributed by atoms with Crippen molar-refractivity contribution < 1.29 is 17.0 Å². The lowest BCUT2D eigenvalue weighted by molar-refractivity contribution is -0.534. The fraction of sp³-hybridized carbons (Fsp3) is 0.889. The van der Waals surface area contributed by atoms with Crippen LogP contribution in [0.2, 0.25) is 0 Å². The van der Waals surface area contributed by atoms with Gasteiger partial charge in [0.05, 0.1) is 19.6 Å². The third-order valence-electron chi connectivity index (χ3n) is 2.66. The van der Waals surface area contributed by atoms with Gasteiger partial charge in [-0.05, 0) is 19.3 Å². The van der Waals surface area contributed by atoms with Crippen LogP contribution in [0.25, 0.3) is 0 Å². The van der Waals surface area contributed by atoms with E-state index in [0.717, 1.165) is 0 Å². The van der Waals surface area contributed by atoms with Gasteiger partial charge in [-0.3, -0.25) is 9.89 Å². The predicted octanol–water partition coefficient (Wildman–Crippen LogP) is -2.03. The van der Waals surface area contributed by atoms with Crippen molar-refractivity contribution in [2.75, 3.05) is 19.6 Å². The third-order valence-corrected chi connectivity index (χ3v) is 2.66. The van der Waals surface area contributed by atoms with E-state index in [1.54, 1.807) is 0 Å². The highest BCUT2D eigenvalue weighted by Gasteiger charge is 2.19. The highest BCUT2D eigenvalue weighted by atomic mass is 35.5. The molecule has 12 heavy (non-hydrogen) atoms. The zero-order valence-electron chi connectivity index (χ0n) is 7.48. The fourth-order valence-electron chi connectivity index (χ4n) is 2.01. The molecular formula is C9H17ClN2. The second-order valence-corrected chi connectivity index (χ2v) is 3.52. The maximum atomic E-state index is 3.50. The number of hydrogen-bond donors (Lipinski definition) is 1. The second-order valence-electron chi connectivity index (χ2n) is 3.52. The van der Waals surface area contributed by atoms with Gasteiger partial charge >= 0.3 is 0 Å². The zero-order chi connectivity index (χ0) is 7.52. The van der Waals surface area contributed by atoms with Crippen LogP contribution in [0.1, 0.15) is 32.1 Å². The summed E-state index contributed by atoms with van der Waals surface area (Å²) in [5, 5.41) is 3.50. The van der Waals surface area contributed by atoms with Crippen molar-refractivity contribution in [2.45, 2.75) is 32.1 Å². The lowest BCUT2D eigenvalue weighted by Gasteiger charge is -2.14. The molecule has 1 N–H and O–H groups in total. The van der Waals surface area contributed by atoms with E-state index in [9.17, 15) is 0 Å². The molecule has 2 aliphatic heterocycles. The lowest BCUT2D eigenvalue weighted by Crippen LogP contribution is -3.00. The molecule has 0 fully saturated rings. The number of rotatable bonds is 0. The first-order valence-electron chi connectivity index (χ1n) is 4.81. The quantitative estimate of drug-likeness (QED) is 0.434. The standard InChI is InChI=1S/C9H16N2.ClH/c1-2-5-9-10-6-4-8-11(9)7-3-1;/h1-8H2;1H. The topological polar surface area (TPSA) is 15.0 Å². The molecule has 0 aliphatic carbocycles. The average Bonchev–Trinajstić information content (AvgIpc) is 2.28. The van der Waals surface area contributed by atoms with Gasteiger partial charge in [-0.25, -0.2) is 0 Å². The zero-order valence-corrected chi connectivity index (χ0v) is 8.24. The van der Waals surface area contributed by atoms with E-state index >= 15 is 0 Å². The average molecular weight is 189 g/mol. The minimum atomic E-state index is 0. The molecule has 0 aromatic carbocycles. The highest BCUT2D eigenvalue weighted by Crippen LogP contribution is 2.08. The summed E-state index contributed by atoms with van der Waals surface area (Å²) in [5.74, 6) is 1.52. The largest absolute Gasteiger partial charge is 1.00 e. The lowest BCUT2D eigenvalue weighted by atomic mass is 10.2. The van der Waals surface area contributed by atoms with Crippen molar-refractivity contribution in [1.82, 2.24) is 5.32 Å². The van der Waals surface area contributed by atoms with Gasteiger partial charge in [0.1, 0.15) is 0 Å². The maximum Gasteiger partial charge on any atom is 0.244 e. The monoisotopic (exact) mass is 188 g/mol. The van der Waals surface area contributed by atoms with Gasteiger partial charge < -0.3 is 12.4 Å². The van der Waals surface area contributed by atoms with E-state index in [2.05, 4.69) is 9.89 Å². The summed E-state index contributed by atoms with van der Waals surface area (Å²) in [7, 11) is 0. The molecule has 0 amide bonds. The highest BCUT2D eigenvalue weighted by molar-refractivity contribution is 5.77. The minimum Gasteiger partial charge on any atom is -1.00 e. The van der Waals surface area contributed by atoms with Crippen LogP contribution in [0.4, 0.5) is 0 Å². The van der Waals surface area contributed by atoms with Gasteiger partial charge in [-0.15, -0.1) is 0 Å². The summed E-state index contributed by atoms with van der Waals surface area (Å²) in [6.45, 7) is 3.79. The molecule has 3 heteroatoms. The molecular weight excluding hydrogens is 172 g/mol. The van der Waals surface area contributed by atoms with Crippen molar-refractivity contribution in [3.05, 3.63) is 0 Å². The summed E-state index contributed by atoms with van der Waals surface area (Å²) >= 11 is 0. The molecule has 70 valence electrons. The van der Waals surface area contributed by atoms with Gasteiger partial charge in [0.25, 0.3) is 0 Å². The van der Waals surface area contributed by atoms with Gasteiger partial charge in [0.15, 0.2) is 0 Å². The summed E-state index contributed by atoms with van der Waals surface area (Å²) in [5.41, 5.74) is 0. The summed E-state index contributed by atoms with van der Waals surface area (Å²) in [6, 6.07) is 0. The van der Waals surface area contributed by atoms with Crippen LogP contribution in [0.15, 0.2) is 0 Å². The van der Waals surface area contributed by atoms with E-state index in [1.807, 2.05) is 0 Å². The molecule has 0 unspecified atom stereocenters. The molecule has 2 rings (SSSR count). The Kier molecular flexibility index (Phi) is 3.86. The van der Waals surface area contributed by atoms with E-state index in [1.165, 1.54) is 57.6 Å². The number of hydrogen-bond acceptors (Lipinski definition) is 1. The molecule has 0 atom stereocenters. The van der Waals surface area contributed by atoms with Crippen molar-refractivity contribution in [1.29, 1.82) is 0 Å². The first-order chi connectivity index (χ1) is 5.47. The molecule has 0 saturated carbocycles. The van der Waals surface area contributed by atoms with Crippen LogP contribution in [-0.4, -0.2) is 30.0 Å². The molecule has 0 aromatic rings. The summed E-state index contributed by atoms with van der Waals surface area (Å²) in [6.07, 6.45) is 6.81. The number of amidine groups is 1. The smallest absolute Gasteiger partial charge is 0.244 e. The molecule has 0 saturated heterocycles. The Hall–Kier alpha value is -0.240. The number of halogens is 1.